The van der Waals surface area contributed by atoms with E-state index in [2.05, 4.69) is 5.32 Å². The van der Waals surface area contributed by atoms with Crippen LogP contribution in [0.15, 0.2) is 35.1 Å². The molecule has 0 amide bonds. The number of nitrogens with zero attached hydrogens (tertiary/aromatic N) is 1. The van der Waals surface area contributed by atoms with E-state index in [1.54, 1.807) is 17.7 Å². The molecule has 4 heteroatoms. The molecule has 0 radical (unpaired) electrons. The predicted molar refractivity (Wildman–Crippen MR) is 78.5 cm³/mol. The van der Waals surface area contributed by atoms with Gasteiger partial charge in [-0.1, -0.05) is 32.0 Å². The van der Waals surface area contributed by atoms with Gasteiger partial charge in [0, 0.05) is 30.7 Å². The van der Waals surface area contributed by atoms with Gasteiger partial charge in [0.1, 0.15) is 0 Å². The summed E-state index contributed by atoms with van der Waals surface area (Å²) in [6.07, 6.45) is -0.428. The molecule has 0 saturated carbocycles. The van der Waals surface area contributed by atoms with E-state index in [1.165, 1.54) is 0 Å². The van der Waals surface area contributed by atoms with Crippen molar-refractivity contribution in [3.63, 3.8) is 0 Å². The molecule has 1 aromatic heterocycles. The second-order valence-electron chi connectivity index (χ2n) is 5.16. The number of aliphatic hydroxyl groups excluding tert-OH is 1. The molecule has 0 saturated heterocycles. The van der Waals surface area contributed by atoms with Crippen molar-refractivity contribution >= 4 is 16.6 Å². The number of aromatic nitrogens is 1. The molecule has 0 aliphatic heterocycles. The van der Waals surface area contributed by atoms with E-state index in [9.17, 15) is 9.90 Å². The molecule has 102 valence electrons. The fourth-order valence-electron chi connectivity index (χ4n) is 2.01. The van der Waals surface area contributed by atoms with Gasteiger partial charge in [-0.05, 0) is 12.0 Å². The molecule has 0 fully saturated rings. The third-order valence-corrected chi connectivity index (χ3v) is 3.43. The minimum Gasteiger partial charge on any atom is -0.391 e. The standard InChI is InChI=1S/C15H20N2O2/c1-10(2)14(18)9-16-12-8-15(19)17(3)13-7-5-4-6-11(12)13/h4-8,10,14,16,18H,9H2,1-3H3. The van der Waals surface area contributed by atoms with Crippen LogP contribution in [-0.4, -0.2) is 22.3 Å². The summed E-state index contributed by atoms with van der Waals surface area (Å²) in [5, 5.41) is 14.0. The molecule has 1 unspecified atom stereocenters. The Labute approximate surface area is 112 Å². The van der Waals surface area contributed by atoms with Crippen molar-refractivity contribution in [3.8, 4) is 0 Å². The summed E-state index contributed by atoms with van der Waals surface area (Å²) in [6, 6.07) is 9.32. The average molecular weight is 260 g/mol. The molecular weight excluding hydrogens is 240 g/mol. The first-order valence-electron chi connectivity index (χ1n) is 6.51. The highest BCUT2D eigenvalue weighted by atomic mass is 16.3. The molecule has 1 atom stereocenters. The SMILES string of the molecule is CC(C)C(O)CNc1cc(=O)n(C)c2ccccc12. The summed E-state index contributed by atoms with van der Waals surface area (Å²) in [5.74, 6) is 0.185. The Kier molecular flexibility index (Phi) is 3.90. The molecule has 0 aliphatic carbocycles. The fraction of sp³-hybridized carbons (Fsp3) is 0.400. The second kappa shape index (κ2) is 5.45. The van der Waals surface area contributed by atoms with Gasteiger partial charge in [0.2, 0.25) is 0 Å². The van der Waals surface area contributed by atoms with Gasteiger partial charge in [-0.25, -0.2) is 0 Å². The van der Waals surface area contributed by atoms with Crippen molar-refractivity contribution < 1.29 is 5.11 Å². The summed E-state index contributed by atoms with van der Waals surface area (Å²) in [7, 11) is 1.76. The van der Waals surface area contributed by atoms with Crippen LogP contribution in [0.25, 0.3) is 10.9 Å². The second-order valence-corrected chi connectivity index (χ2v) is 5.16. The number of nitrogens with one attached hydrogen (secondary N) is 1. The zero-order chi connectivity index (χ0) is 14.0. The fourth-order valence-corrected chi connectivity index (χ4v) is 2.01. The van der Waals surface area contributed by atoms with E-state index in [0.29, 0.717) is 6.54 Å². The molecular formula is C15H20N2O2. The lowest BCUT2D eigenvalue weighted by Crippen LogP contribution is -2.26. The highest BCUT2D eigenvalue weighted by Gasteiger charge is 2.11. The van der Waals surface area contributed by atoms with Gasteiger partial charge < -0.3 is 15.0 Å². The van der Waals surface area contributed by atoms with Crippen molar-refractivity contribution in [3.05, 3.63) is 40.7 Å². The highest BCUT2D eigenvalue weighted by molar-refractivity contribution is 5.91. The Hall–Kier alpha value is -1.81. The number of aryl methyl sites for hydroxylation is 1. The van der Waals surface area contributed by atoms with Crippen LogP contribution in [0, 0.1) is 5.92 Å². The number of fused-ring (bicyclic) bond motifs is 1. The zero-order valence-corrected chi connectivity index (χ0v) is 11.6. The number of aliphatic hydroxyl groups is 1. The predicted octanol–water partition coefficient (Wildman–Crippen LogP) is 1.97. The topological polar surface area (TPSA) is 54.3 Å². The van der Waals surface area contributed by atoms with Crippen LogP contribution in [0.5, 0.6) is 0 Å². The van der Waals surface area contributed by atoms with E-state index >= 15 is 0 Å². The third-order valence-electron chi connectivity index (χ3n) is 3.43. The monoisotopic (exact) mass is 260 g/mol. The minimum absolute atomic E-state index is 0.0553. The molecule has 0 spiro atoms. The van der Waals surface area contributed by atoms with Crippen LogP contribution in [0.1, 0.15) is 13.8 Å². The van der Waals surface area contributed by atoms with E-state index in [1.807, 2.05) is 38.1 Å². The number of rotatable bonds is 4. The van der Waals surface area contributed by atoms with Crippen molar-refractivity contribution in [2.75, 3.05) is 11.9 Å². The van der Waals surface area contributed by atoms with E-state index in [0.717, 1.165) is 16.6 Å². The van der Waals surface area contributed by atoms with E-state index < -0.39 is 6.10 Å². The Balaban J connectivity index is 2.38. The quantitative estimate of drug-likeness (QED) is 0.883. The first kappa shape index (κ1) is 13.6. The van der Waals surface area contributed by atoms with Crippen LogP contribution < -0.4 is 10.9 Å². The third kappa shape index (κ3) is 2.79. The molecule has 0 aliphatic rings. The molecule has 0 bridgehead atoms. The maximum absolute atomic E-state index is 11.9. The highest BCUT2D eigenvalue weighted by Crippen LogP contribution is 2.20. The van der Waals surface area contributed by atoms with Crippen LogP contribution >= 0.6 is 0 Å². The Morgan fingerprint density at radius 1 is 1.32 bits per heavy atom. The Bertz CT molecular complexity index is 632. The number of pyridine rings is 1. The van der Waals surface area contributed by atoms with Crippen LogP contribution in [0.4, 0.5) is 5.69 Å². The lowest BCUT2D eigenvalue weighted by molar-refractivity contribution is 0.138. The maximum Gasteiger partial charge on any atom is 0.252 e. The number of hydrogen-bond acceptors (Lipinski definition) is 3. The number of hydrogen-bond donors (Lipinski definition) is 2. The maximum atomic E-state index is 11.9. The van der Waals surface area contributed by atoms with Crippen molar-refractivity contribution in [2.45, 2.75) is 20.0 Å². The van der Waals surface area contributed by atoms with E-state index in [4.69, 9.17) is 0 Å². The van der Waals surface area contributed by atoms with Crippen LogP contribution in [0.2, 0.25) is 0 Å². The van der Waals surface area contributed by atoms with Gasteiger partial charge in [-0.3, -0.25) is 4.79 Å². The minimum atomic E-state index is -0.428. The van der Waals surface area contributed by atoms with E-state index in [-0.39, 0.29) is 11.5 Å². The van der Waals surface area contributed by atoms with Gasteiger partial charge >= 0.3 is 0 Å². The van der Waals surface area contributed by atoms with Crippen LogP contribution in [0.3, 0.4) is 0 Å². The first-order chi connectivity index (χ1) is 9.00. The van der Waals surface area contributed by atoms with Gasteiger partial charge in [-0.2, -0.15) is 0 Å². The molecule has 2 N–H and O–H groups in total. The van der Waals surface area contributed by atoms with Gasteiger partial charge in [0.05, 0.1) is 11.6 Å². The summed E-state index contributed by atoms with van der Waals surface area (Å²) < 4.78 is 1.62. The molecule has 1 heterocycles. The number of para-hydroxylation sites is 1. The summed E-state index contributed by atoms with van der Waals surface area (Å²) in [5.41, 5.74) is 1.61. The molecule has 2 aromatic rings. The molecule has 2 rings (SSSR count). The largest absolute Gasteiger partial charge is 0.391 e. The van der Waals surface area contributed by atoms with Gasteiger partial charge in [-0.15, -0.1) is 0 Å². The zero-order valence-electron chi connectivity index (χ0n) is 11.6. The van der Waals surface area contributed by atoms with Crippen molar-refractivity contribution in [2.24, 2.45) is 13.0 Å². The van der Waals surface area contributed by atoms with Crippen molar-refractivity contribution in [1.29, 1.82) is 0 Å². The number of anilines is 1. The molecule has 19 heavy (non-hydrogen) atoms. The van der Waals surface area contributed by atoms with Gasteiger partial charge in [0.25, 0.3) is 5.56 Å². The van der Waals surface area contributed by atoms with Crippen LogP contribution in [-0.2, 0) is 7.05 Å². The normalized spacial score (nSPS) is 12.9. The summed E-state index contributed by atoms with van der Waals surface area (Å²) in [4.78, 5) is 11.9. The summed E-state index contributed by atoms with van der Waals surface area (Å²) in [6.45, 7) is 4.37. The lowest BCUT2D eigenvalue weighted by atomic mass is 10.1. The lowest BCUT2D eigenvalue weighted by Gasteiger charge is -2.17. The summed E-state index contributed by atoms with van der Waals surface area (Å²) >= 11 is 0. The molecule has 1 aromatic carbocycles. The average Bonchev–Trinajstić information content (AvgIpc) is 2.40. The first-order valence-corrected chi connectivity index (χ1v) is 6.51. The number of benzene rings is 1. The molecule has 4 nitrogen and oxygen atoms in total. The Morgan fingerprint density at radius 2 is 2.00 bits per heavy atom. The smallest absolute Gasteiger partial charge is 0.252 e. The van der Waals surface area contributed by atoms with Crippen molar-refractivity contribution in [1.82, 2.24) is 4.57 Å². The Morgan fingerprint density at radius 3 is 2.68 bits per heavy atom. The van der Waals surface area contributed by atoms with Gasteiger partial charge in [0.15, 0.2) is 0 Å².